The van der Waals surface area contributed by atoms with Crippen molar-refractivity contribution in [3.63, 3.8) is 0 Å². The summed E-state index contributed by atoms with van der Waals surface area (Å²) in [5, 5.41) is 1.89. The van der Waals surface area contributed by atoms with Crippen LogP contribution < -0.4 is 5.43 Å². The van der Waals surface area contributed by atoms with Crippen LogP contribution in [0.2, 0.25) is 0 Å². The Hall–Kier alpha value is -0.0500. The highest BCUT2D eigenvalue weighted by Crippen LogP contribution is 1.61. The van der Waals surface area contributed by atoms with Gasteiger partial charge in [-0.25, -0.2) is 0 Å². The van der Waals surface area contributed by atoms with E-state index in [2.05, 4.69) is 12.0 Å². The molecule has 0 spiro atoms. The molecule has 0 unspecified atom stereocenters. The van der Waals surface area contributed by atoms with Crippen molar-refractivity contribution in [3.8, 4) is 0 Å². The maximum Gasteiger partial charge on any atom is 0.0280 e. The standard InChI is InChI=1S/C5H12N2.ClH/c1-4-5-6-7(2)3;/h4,6H,1,5H2,2-3H3;1H. The van der Waals surface area contributed by atoms with Gasteiger partial charge in [0, 0.05) is 20.6 Å². The second-order valence-corrected chi connectivity index (χ2v) is 1.55. The first-order chi connectivity index (χ1) is 3.27. The van der Waals surface area contributed by atoms with Crippen LogP contribution >= 0.6 is 12.4 Å². The fourth-order valence-electron chi connectivity index (χ4n) is 0.247. The molecule has 0 aromatic heterocycles. The third kappa shape index (κ3) is 9.34. The van der Waals surface area contributed by atoms with Crippen LogP contribution in [0, 0.1) is 0 Å². The van der Waals surface area contributed by atoms with Crippen molar-refractivity contribution in [2.75, 3.05) is 20.6 Å². The molecule has 0 aromatic rings. The van der Waals surface area contributed by atoms with Crippen molar-refractivity contribution < 1.29 is 0 Å². The van der Waals surface area contributed by atoms with Crippen molar-refractivity contribution in [3.05, 3.63) is 12.7 Å². The number of hydrogen-bond donors (Lipinski definition) is 1. The number of rotatable bonds is 3. The number of nitrogens with zero attached hydrogens (tertiary/aromatic N) is 1. The third-order valence-corrected chi connectivity index (χ3v) is 0.552. The van der Waals surface area contributed by atoms with Gasteiger partial charge in [-0.1, -0.05) is 6.08 Å². The number of nitrogens with one attached hydrogen (secondary N) is 1. The molecule has 2 nitrogen and oxygen atoms in total. The minimum atomic E-state index is 0. The summed E-state index contributed by atoms with van der Waals surface area (Å²) in [4.78, 5) is 0. The minimum absolute atomic E-state index is 0. The summed E-state index contributed by atoms with van der Waals surface area (Å²) in [6.45, 7) is 4.38. The highest BCUT2D eigenvalue weighted by atomic mass is 35.5. The van der Waals surface area contributed by atoms with Gasteiger partial charge in [0.1, 0.15) is 0 Å². The van der Waals surface area contributed by atoms with Crippen LogP contribution in [0.3, 0.4) is 0 Å². The van der Waals surface area contributed by atoms with Gasteiger partial charge in [-0.05, 0) is 0 Å². The third-order valence-electron chi connectivity index (χ3n) is 0.552. The van der Waals surface area contributed by atoms with Gasteiger partial charge in [0.25, 0.3) is 0 Å². The summed E-state index contributed by atoms with van der Waals surface area (Å²) in [5.74, 6) is 0. The molecule has 8 heavy (non-hydrogen) atoms. The topological polar surface area (TPSA) is 15.3 Å². The summed E-state index contributed by atoms with van der Waals surface area (Å²) in [5.41, 5.74) is 3.01. The molecule has 0 saturated carbocycles. The lowest BCUT2D eigenvalue weighted by molar-refractivity contribution is 0.306. The Morgan fingerprint density at radius 2 is 2.12 bits per heavy atom. The van der Waals surface area contributed by atoms with Crippen LogP contribution in [0.4, 0.5) is 0 Å². The molecule has 0 saturated heterocycles. The van der Waals surface area contributed by atoms with Gasteiger partial charge in [-0.2, -0.15) is 0 Å². The quantitative estimate of drug-likeness (QED) is 0.453. The van der Waals surface area contributed by atoms with Gasteiger partial charge in [-0.15, -0.1) is 19.0 Å². The van der Waals surface area contributed by atoms with Crippen LogP contribution in [0.25, 0.3) is 0 Å². The molecule has 0 heterocycles. The maximum atomic E-state index is 3.54. The van der Waals surface area contributed by atoms with Gasteiger partial charge >= 0.3 is 0 Å². The van der Waals surface area contributed by atoms with Crippen molar-refractivity contribution in [1.82, 2.24) is 10.4 Å². The smallest absolute Gasteiger partial charge is 0.0280 e. The first-order valence-electron chi connectivity index (χ1n) is 2.29. The van der Waals surface area contributed by atoms with E-state index in [9.17, 15) is 0 Å². The lowest BCUT2D eigenvalue weighted by Crippen LogP contribution is -2.29. The average molecular weight is 137 g/mol. The van der Waals surface area contributed by atoms with E-state index in [1.807, 2.05) is 25.2 Å². The zero-order chi connectivity index (χ0) is 5.70. The van der Waals surface area contributed by atoms with Crippen molar-refractivity contribution in [1.29, 1.82) is 0 Å². The predicted molar refractivity (Wildman–Crippen MR) is 39.1 cm³/mol. The molecule has 0 rings (SSSR count). The second-order valence-electron chi connectivity index (χ2n) is 1.55. The molecule has 0 fully saturated rings. The normalized spacial score (nSPS) is 8.38. The van der Waals surface area contributed by atoms with Crippen molar-refractivity contribution >= 4 is 12.4 Å². The molecule has 0 atom stereocenters. The second kappa shape index (κ2) is 6.95. The largest absolute Gasteiger partial charge is 0.252 e. The molecule has 3 heteroatoms. The zero-order valence-corrected chi connectivity index (χ0v) is 6.16. The number of hydrazine groups is 1. The molecule has 1 N–H and O–H groups in total. The Morgan fingerprint density at radius 1 is 1.62 bits per heavy atom. The summed E-state index contributed by atoms with van der Waals surface area (Å²) < 4.78 is 0. The van der Waals surface area contributed by atoms with Crippen LogP contribution in [0.1, 0.15) is 0 Å². The highest BCUT2D eigenvalue weighted by molar-refractivity contribution is 5.85. The monoisotopic (exact) mass is 136 g/mol. The van der Waals surface area contributed by atoms with Gasteiger partial charge in [0.05, 0.1) is 0 Å². The van der Waals surface area contributed by atoms with E-state index in [-0.39, 0.29) is 12.4 Å². The maximum absolute atomic E-state index is 3.54. The molecule has 0 amide bonds. The molecular weight excluding hydrogens is 124 g/mol. The average Bonchev–Trinajstić information content (AvgIpc) is 1.61. The van der Waals surface area contributed by atoms with E-state index < -0.39 is 0 Å². The SMILES string of the molecule is C=CCNN(C)C.Cl. The molecule has 0 radical (unpaired) electrons. The molecular formula is C5H13ClN2. The summed E-state index contributed by atoms with van der Waals surface area (Å²) in [7, 11) is 3.90. The number of halogens is 1. The molecule has 0 aliphatic rings. The van der Waals surface area contributed by atoms with Gasteiger partial charge < -0.3 is 0 Å². The lowest BCUT2D eigenvalue weighted by Gasteiger charge is -2.07. The Kier molecular flexibility index (Phi) is 9.42. The van der Waals surface area contributed by atoms with Gasteiger partial charge in [-0.3, -0.25) is 10.4 Å². The van der Waals surface area contributed by atoms with Gasteiger partial charge in [0.2, 0.25) is 0 Å². The Morgan fingerprint density at radius 3 is 2.25 bits per heavy atom. The summed E-state index contributed by atoms with van der Waals surface area (Å²) in [6, 6.07) is 0. The highest BCUT2D eigenvalue weighted by Gasteiger charge is 1.77. The van der Waals surface area contributed by atoms with Crippen LogP contribution in [0.15, 0.2) is 12.7 Å². The molecule has 0 aromatic carbocycles. The van der Waals surface area contributed by atoms with Gasteiger partial charge in [0.15, 0.2) is 0 Å². The molecule has 50 valence electrons. The molecule has 0 aliphatic carbocycles. The molecule has 0 aliphatic heterocycles. The van der Waals surface area contributed by atoms with E-state index in [0.717, 1.165) is 6.54 Å². The van der Waals surface area contributed by atoms with E-state index in [1.165, 1.54) is 0 Å². The fraction of sp³-hybridized carbons (Fsp3) is 0.600. The first kappa shape index (κ1) is 10.8. The van der Waals surface area contributed by atoms with E-state index in [0.29, 0.717) is 0 Å². The summed E-state index contributed by atoms with van der Waals surface area (Å²) in [6.07, 6.45) is 1.82. The van der Waals surface area contributed by atoms with Crippen molar-refractivity contribution in [2.24, 2.45) is 0 Å². The van der Waals surface area contributed by atoms with Crippen LogP contribution in [-0.2, 0) is 0 Å². The Bertz CT molecular complexity index is 54.4. The van der Waals surface area contributed by atoms with Crippen molar-refractivity contribution in [2.45, 2.75) is 0 Å². The minimum Gasteiger partial charge on any atom is -0.252 e. The Labute approximate surface area is 56.9 Å². The molecule has 0 bridgehead atoms. The van der Waals surface area contributed by atoms with E-state index in [4.69, 9.17) is 0 Å². The van der Waals surface area contributed by atoms with E-state index in [1.54, 1.807) is 0 Å². The van der Waals surface area contributed by atoms with Crippen LogP contribution in [-0.4, -0.2) is 25.6 Å². The predicted octanol–water partition coefficient (Wildman–Crippen LogP) is 0.660. The zero-order valence-electron chi connectivity index (χ0n) is 5.35. The fourth-order valence-corrected chi connectivity index (χ4v) is 0.247. The van der Waals surface area contributed by atoms with Crippen LogP contribution in [0.5, 0.6) is 0 Å². The Balaban J connectivity index is 0. The number of hydrogen-bond acceptors (Lipinski definition) is 2. The summed E-state index contributed by atoms with van der Waals surface area (Å²) >= 11 is 0. The first-order valence-corrected chi connectivity index (χ1v) is 2.29. The van der Waals surface area contributed by atoms with E-state index >= 15 is 0 Å². The lowest BCUT2D eigenvalue weighted by atomic mass is 10.7.